The molecule has 0 saturated carbocycles. The van der Waals surface area contributed by atoms with E-state index in [2.05, 4.69) is 28.2 Å². The maximum absolute atomic E-state index is 13.0. The molecule has 1 rings (SSSR count). The first-order chi connectivity index (χ1) is 7.74. The molecule has 0 fully saturated rings. The van der Waals surface area contributed by atoms with E-state index in [9.17, 15) is 4.39 Å². The number of hydrogen-bond donors (Lipinski definition) is 1. The van der Waals surface area contributed by atoms with E-state index in [1.165, 1.54) is 31.7 Å². The minimum Gasteiger partial charge on any atom is -0.313 e. The van der Waals surface area contributed by atoms with Gasteiger partial charge in [0.05, 0.1) is 4.47 Å². The molecule has 0 spiro atoms. The first kappa shape index (κ1) is 13.7. The zero-order valence-electron chi connectivity index (χ0n) is 9.73. The summed E-state index contributed by atoms with van der Waals surface area (Å²) in [4.78, 5) is 0. The summed E-state index contributed by atoms with van der Waals surface area (Å²) >= 11 is 3.19. The lowest BCUT2D eigenvalue weighted by Crippen LogP contribution is -2.14. The summed E-state index contributed by atoms with van der Waals surface area (Å²) in [5.41, 5.74) is 1.11. The monoisotopic (exact) mass is 287 g/mol. The third-order valence-electron chi connectivity index (χ3n) is 2.52. The predicted octanol–water partition coefficient (Wildman–Crippen LogP) is 4.26. The maximum atomic E-state index is 13.0. The molecular weight excluding hydrogens is 269 g/mol. The Morgan fingerprint density at radius 1 is 1.25 bits per heavy atom. The quantitative estimate of drug-likeness (QED) is 0.739. The van der Waals surface area contributed by atoms with Crippen molar-refractivity contribution in [2.24, 2.45) is 0 Å². The number of benzene rings is 1. The summed E-state index contributed by atoms with van der Waals surface area (Å²) in [6.45, 7) is 4.06. The molecule has 0 aliphatic rings. The second-order valence-electron chi connectivity index (χ2n) is 3.99. The Morgan fingerprint density at radius 3 is 2.75 bits per heavy atom. The van der Waals surface area contributed by atoms with Gasteiger partial charge < -0.3 is 5.32 Å². The lowest BCUT2D eigenvalue weighted by atomic mass is 10.2. The van der Waals surface area contributed by atoms with Gasteiger partial charge in [0, 0.05) is 6.54 Å². The highest BCUT2D eigenvalue weighted by atomic mass is 79.9. The summed E-state index contributed by atoms with van der Waals surface area (Å²) in [5.74, 6) is -0.202. The van der Waals surface area contributed by atoms with Crippen LogP contribution in [-0.2, 0) is 6.54 Å². The summed E-state index contributed by atoms with van der Waals surface area (Å²) in [5, 5.41) is 3.36. The fourth-order valence-corrected chi connectivity index (χ4v) is 1.99. The molecule has 1 N–H and O–H groups in total. The first-order valence-corrected chi connectivity index (χ1v) is 6.68. The molecule has 0 bridgehead atoms. The van der Waals surface area contributed by atoms with Crippen LogP contribution in [0.3, 0.4) is 0 Å². The molecule has 16 heavy (non-hydrogen) atoms. The highest BCUT2D eigenvalue weighted by molar-refractivity contribution is 9.10. The summed E-state index contributed by atoms with van der Waals surface area (Å²) in [6.07, 6.45) is 5.08. The Labute approximate surface area is 106 Å². The van der Waals surface area contributed by atoms with Gasteiger partial charge in [-0.2, -0.15) is 0 Å². The zero-order chi connectivity index (χ0) is 11.8. The zero-order valence-corrected chi connectivity index (χ0v) is 11.3. The molecule has 3 heteroatoms. The van der Waals surface area contributed by atoms with Gasteiger partial charge >= 0.3 is 0 Å². The van der Waals surface area contributed by atoms with Crippen molar-refractivity contribution in [1.29, 1.82) is 0 Å². The van der Waals surface area contributed by atoms with E-state index >= 15 is 0 Å². The van der Waals surface area contributed by atoms with E-state index in [1.807, 2.05) is 12.1 Å². The van der Waals surface area contributed by atoms with Crippen molar-refractivity contribution in [3.8, 4) is 0 Å². The van der Waals surface area contributed by atoms with Crippen molar-refractivity contribution in [1.82, 2.24) is 5.32 Å². The Balaban J connectivity index is 2.19. The Morgan fingerprint density at radius 2 is 2.06 bits per heavy atom. The SMILES string of the molecule is CCCCCCNCc1ccc(F)c(Br)c1. The van der Waals surface area contributed by atoms with Crippen LogP contribution in [0, 0.1) is 5.82 Å². The molecular formula is C13H19BrFN. The second kappa shape index (κ2) is 7.80. The Bertz CT molecular complexity index is 315. The van der Waals surface area contributed by atoms with E-state index in [4.69, 9.17) is 0 Å². The van der Waals surface area contributed by atoms with Crippen molar-refractivity contribution in [2.75, 3.05) is 6.54 Å². The molecule has 90 valence electrons. The lowest BCUT2D eigenvalue weighted by molar-refractivity contribution is 0.595. The van der Waals surface area contributed by atoms with Crippen molar-refractivity contribution in [3.63, 3.8) is 0 Å². The fourth-order valence-electron chi connectivity index (χ4n) is 1.56. The van der Waals surface area contributed by atoms with E-state index < -0.39 is 0 Å². The van der Waals surface area contributed by atoms with Crippen LogP contribution in [0.2, 0.25) is 0 Å². The highest BCUT2D eigenvalue weighted by Crippen LogP contribution is 2.16. The van der Waals surface area contributed by atoms with Gasteiger partial charge in [-0.25, -0.2) is 4.39 Å². The molecule has 0 heterocycles. The van der Waals surface area contributed by atoms with Gasteiger partial charge in [0.1, 0.15) is 5.82 Å². The minimum absolute atomic E-state index is 0.202. The van der Waals surface area contributed by atoms with Crippen LogP contribution in [-0.4, -0.2) is 6.54 Å². The van der Waals surface area contributed by atoms with Crippen molar-refractivity contribution >= 4 is 15.9 Å². The van der Waals surface area contributed by atoms with Gasteiger partial charge in [-0.05, 0) is 46.6 Å². The average molecular weight is 288 g/mol. The van der Waals surface area contributed by atoms with Crippen LogP contribution < -0.4 is 5.32 Å². The number of unbranched alkanes of at least 4 members (excludes halogenated alkanes) is 3. The number of halogens is 2. The molecule has 0 unspecified atom stereocenters. The second-order valence-corrected chi connectivity index (χ2v) is 4.84. The molecule has 0 saturated heterocycles. The summed E-state index contributed by atoms with van der Waals surface area (Å²) in [7, 11) is 0. The van der Waals surface area contributed by atoms with Crippen molar-refractivity contribution < 1.29 is 4.39 Å². The predicted molar refractivity (Wildman–Crippen MR) is 69.9 cm³/mol. The van der Waals surface area contributed by atoms with Crippen molar-refractivity contribution in [2.45, 2.75) is 39.2 Å². The van der Waals surface area contributed by atoms with Gasteiger partial charge in [-0.3, -0.25) is 0 Å². The first-order valence-electron chi connectivity index (χ1n) is 5.88. The summed E-state index contributed by atoms with van der Waals surface area (Å²) < 4.78 is 13.5. The molecule has 0 atom stereocenters. The average Bonchev–Trinajstić information content (AvgIpc) is 2.28. The minimum atomic E-state index is -0.202. The Kier molecular flexibility index (Phi) is 6.65. The van der Waals surface area contributed by atoms with Gasteiger partial charge in [0.2, 0.25) is 0 Å². The molecule has 0 aliphatic heterocycles. The summed E-state index contributed by atoms with van der Waals surface area (Å²) in [6, 6.07) is 5.14. The lowest BCUT2D eigenvalue weighted by Gasteiger charge is -2.05. The fraction of sp³-hybridized carbons (Fsp3) is 0.538. The van der Waals surface area contributed by atoms with Gasteiger partial charge in [0.25, 0.3) is 0 Å². The number of rotatable bonds is 7. The van der Waals surface area contributed by atoms with Crippen LogP contribution in [0.25, 0.3) is 0 Å². The van der Waals surface area contributed by atoms with E-state index in [0.717, 1.165) is 18.7 Å². The number of nitrogens with one attached hydrogen (secondary N) is 1. The van der Waals surface area contributed by atoms with E-state index in [0.29, 0.717) is 4.47 Å². The molecule has 0 amide bonds. The van der Waals surface area contributed by atoms with Crippen LogP contribution >= 0.6 is 15.9 Å². The van der Waals surface area contributed by atoms with Gasteiger partial charge in [-0.1, -0.05) is 32.3 Å². The Hall–Kier alpha value is -0.410. The maximum Gasteiger partial charge on any atom is 0.137 e. The molecule has 1 nitrogen and oxygen atoms in total. The van der Waals surface area contributed by atoms with Crippen molar-refractivity contribution in [3.05, 3.63) is 34.1 Å². The van der Waals surface area contributed by atoms with Crippen LogP contribution in [0.4, 0.5) is 4.39 Å². The van der Waals surface area contributed by atoms with E-state index in [-0.39, 0.29) is 5.82 Å². The van der Waals surface area contributed by atoms with Crippen LogP contribution in [0.15, 0.2) is 22.7 Å². The largest absolute Gasteiger partial charge is 0.313 e. The third kappa shape index (κ3) is 5.08. The topological polar surface area (TPSA) is 12.0 Å². The molecule has 0 aliphatic carbocycles. The standard InChI is InChI=1S/C13H19BrFN/c1-2-3-4-5-8-16-10-11-6-7-13(15)12(14)9-11/h6-7,9,16H,2-5,8,10H2,1H3. The van der Waals surface area contributed by atoms with Gasteiger partial charge in [-0.15, -0.1) is 0 Å². The smallest absolute Gasteiger partial charge is 0.137 e. The van der Waals surface area contributed by atoms with Crippen LogP contribution in [0.1, 0.15) is 38.2 Å². The third-order valence-corrected chi connectivity index (χ3v) is 3.13. The number of hydrogen-bond acceptors (Lipinski definition) is 1. The van der Waals surface area contributed by atoms with Crippen LogP contribution in [0.5, 0.6) is 0 Å². The molecule has 0 radical (unpaired) electrons. The molecule has 1 aromatic rings. The van der Waals surface area contributed by atoms with E-state index in [1.54, 1.807) is 0 Å². The normalized spacial score (nSPS) is 10.7. The molecule has 1 aromatic carbocycles. The highest BCUT2D eigenvalue weighted by Gasteiger charge is 1.99. The van der Waals surface area contributed by atoms with Gasteiger partial charge in [0.15, 0.2) is 0 Å². The molecule has 0 aromatic heterocycles.